The van der Waals surface area contributed by atoms with Gasteiger partial charge in [0.05, 0.1) is 60.9 Å². The Morgan fingerprint density at radius 1 is 0.700 bits per heavy atom. The summed E-state index contributed by atoms with van der Waals surface area (Å²) < 4.78 is 79.3. The second kappa shape index (κ2) is 20.3. The number of nitrogens with zero attached hydrogens (tertiary/aromatic N) is 7. The largest absolute Gasteiger partial charge is 0.497 e. The van der Waals surface area contributed by atoms with E-state index in [1.807, 2.05) is 31.8 Å². The number of hydrogen-bond donors (Lipinski definition) is 0. The van der Waals surface area contributed by atoms with Crippen molar-refractivity contribution in [1.82, 2.24) is 29.4 Å². The van der Waals surface area contributed by atoms with E-state index >= 15 is 8.42 Å². The molecule has 20 heteroatoms. The van der Waals surface area contributed by atoms with Gasteiger partial charge in [0.2, 0.25) is 21.8 Å². The topological polar surface area (TPSA) is 200 Å². The minimum absolute atomic E-state index is 0.000389. The van der Waals surface area contributed by atoms with Crippen LogP contribution in [0.3, 0.4) is 0 Å². The third-order valence-electron chi connectivity index (χ3n) is 12.5. The Balaban J connectivity index is 1.28. The predicted octanol–water partition coefficient (Wildman–Crippen LogP) is 6.96. The van der Waals surface area contributed by atoms with Crippen molar-refractivity contribution < 1.29 is 45.4 Å². The van der Waals surface area contributed by atoms with Crippen LogP contribution in [-0.2, 0) is 44.3 Å². The Morgan fingerprint density at radius 2 is 1.23 bits per heavy atom. The fourth-order valence-corrected chi connectivity index (χ4v) is 15.3. The maximum Gasteiger partial charge on any atom is 0.261 e. The Labute approximate surface area is 408 Å². The average molecular weight is 1010 g/mol. The number of tetrazole rings is 1. The molecular formula is C50H55N7O10S2Si. The standard InChI is InChI=1S/C50H55N7O10S2Si/c1-65-38-17-11-34(12-18-38)30-54(31-35-13-19-39(66-2)20-14-35)69(63,64)47-44(68(61,62)27-28-70(4,5)6)24-23-43(46(47)48-51-53-57(52-48)33-36-15-21-40(67-3)22-16-36)55-26-25-37(29-45(55)58)32-56-49(59)41-9-7-8-10-42(41)50(56)60/h7-24,37H,25-33H2,1-6H3. The van der Waals surface area contributed by atoms with E-state index in [2.05, 4.69) is 10.3 Å². The number of sulfonamides is 1. The summed E-state index contributed by atoms with van der Waals surface area (Å²) in [5.41, 5.74) is 2.38. The molecule has 0 aliphatic carbocycles. The number of rotatable bonds is 19. The molecule has 5 aromatic carbocycles. The van der Waals surface area contributed by atoms with Crippen molar-refractivity contribution >= 4 is 51.3 Å². The van der Waals surface area contributed by atoms with Crippen molar-refractivity contribution in [3.63, 3.8) is 0 Å². The summed E-state index contributed by atoms with van der Waals surface area (Å²) in [7, 11) is -6.71. The van der Waals surface area contributed by atoms with E-state index < -0.39 is 61.4 Å². The number of carbonyl (C=O) groups is 3. The van der Waals surface area contributed by atoms with E-state index in [1.54, 1.807) is 92.0 Å². The summed E-state index contributed by atoms with van der Waals surface area (Å²) in [6.45, 7) is 5.85. The van der Waals surface area contributed by atoms with E-state index in [0.717, 1.165) is 5.56 Å². The molecule has 6 aromatic rings. The third-order valence-corrected chi connectivity index (χ3v) is 18.4. The summed E-state index contributed by atoms with van der Waals surface area (Å²) in [5, 5.41) is 13.4. The molecule has 3 amide bonds. The molecule has 8 rings (SSSR count). The van der Waals surface area contributed by atoms with Gasteiger partial charge in [-0.15, -0.1) is 10.2 Å². The second-order valence-electron chi connectivity index (χ2n) is 18.5. The van der Waals surface area contributed by atoms with E-state index in [4.69, 9.17) is 19.3 Å². The SMILES string of the molecule is COc1ccc(CN(Cc2ccc(OC)cc2)S(=O)(=O)c2c(S(=O)(=O)CC[Si](C)(C)C)ccc(N3CCC(CN4C(=O)c5ccccc5C4=O)CC3=O)c2-c2nnn(Cc3ccc(OC)cc3)n2)cc1. The molecule has 1 aromatic heterocycles. The minimum atomic E-state index is -4.92. The molecule has 1 fully saturated rings. The van der Waals surface area contributed by atoms with Crippen molar-refractivity contribution in [2.75, 3.05) is 45.1 Å². The molecule has 2 aliphatic heterocycles. The molecule has 3 heterocycles. The van der Waals surface area contributed by atoms with Crippen molar-refractivity contribution in [2.45, 2.75) is 68.0 Å². The molecule has 17 nitrogen and oxygen atoms in total. The normalized spacial score (nSPS) is 15.4. The van der Waals surface area contributed by atoms with Gasteiger partial charge in [0, 0.05) is 40.7 Å². The number of sulfone groups is 1. The van der Waals surface area contributed by atoms with Crippen LogP contribution in [0, 0.1) is 5.92 Å². The zero-order chi connectivity index (χ0) is 50.0. The zero-order valence-corrected chi connectivity index (χ0v) is 42.5. The number of anilines is 1. The van der Waals surface area contributed by atoms with Crippen molar-refractivity contribution in [3.8, 4) is 28.6 Å². The van der Waals surface area contributed by atoms with Crippen LogP contribution in [0.5, 0.6) is 17.2 Å². The first kappa shape index (κ1) is 49.7. The number of imide groups is 1. The first-order valence-corrected chi connectivity index (χ1v) is 29.5. The van der Waals surface area contributed by atoms with Crippen LogP contribution in [0.2, 0.25) is 25.7 Å². The van der Waals surface area contributed by atoms with E-state index in [0.29, 0.717) is 52.0 Å². The Hall–Kier alpha value is -6.74. The van der Waals surface area contributed by atoms with Gasteiger partial charge in [-0.25, -0.2) is 16.8 Å². The van der Waals surface area contributed by atoms with Gasteiger partial charge in [-0.2, -0.15) is 9.10 Å². The van der Waals surface area contributed by atoms with Crippen LogP contribution < -0.4 is 19.1 Å². The zero-order valence-electron chi connectivity index (χ0n) is 39.9. The quantitative estimate of drug-likeness (QED) is 0.0597. The van der Waals surface area contributed by atoms with Gasteiger partial charge in [-0.05, 0) is 101 Å². The van der Waals surface area contributed by atoms with E-state index in [9.17, 15) is 22.8 Å². The molecule has 0 radical (unpaired) electrons. The van der Waals surface area contributed by atoms with Gasteiger partial charge in [-0.3, -0.25) is 19.3 Å². The highest BCUT2D eigenvalue weighted by Crippen LogP contribution is 2.43. The minimum Gasteiger partial charge on any atom is -0.497 e. The van der Waals surface area contributed by atoms with Gasteiger partial charge < -0.3 is 19.1 Å². The number of aromatic nitrogens is 4. The lowest BCUT2D eigenvalue weighted by atomic mass is 9.94. The number of methoxy groups -OCH3 is 3. The third kappa shape index (κ3) is 10.7. The Bertz CT molecular complexity index is 3060. The predicted molar refractivity (Wildman–Crippen MR) is 265 cm³/mol. The lowest BCUT2D eigenvalue weighted by Gasteiger charge is -2.35. The van der Waals surface area contributed by atoms with Crippen LogP contribution in [0.25, 0.3) is 11.4 Å². The molecule has 0 N–H and O–H groups in total. The molecule has 0 saturated carbocycles. The lowest BCUT2D eigenvalue weighted by molar-refractivity contribution is -0.120. The molecular weight excluding hydrogens is 951 g/mol. The molecule has 1 unspecified atom stereocenters. The molecule has 0 bridgehead atoms. The van der Waals surface area contributed by atoms with Crippen LogP contribution in [0.15, 0.2) is 119 Å². The van der Waals surface area contributed by atoms with Crippen LogP contribution in [-0.4, -0.2) is 112 Å². The highest BCUT2D eigenvalue weighted by atomic mass is 32.2. The van der Waals surface area contributed by atoms with E-state index in [1.165, 1.54) is 45.3 Å². The number of amides is 3. The van der Waals surface area contributed by atoms with E-state index in [-0.39, 0.29) is 62.0 Å². The number of carbonyl (C=O) groups excluding carboxylic acids is 3. The molecule has 70 heavy (non-hydrogen) atoms. The maximum atomic E-state index is 16.1. The van der Waals surface area contributed by atoms with Crippen molar-refractivity contribution in [3.05, 3.63) is 137 Å². The van der Waals surface area contributed by atoms with Gasteiger partial charge in [0.15, 0.2) is 9.84 Å². The van der Waals surface area contributed by atoms with Gasteiger partial charge in [0.1, 0.15) is 22.1 Å². The summed E-state index contributed by atoms with van der Waals surface area (Å²) in [6, 6.07) is 30.6. The van der Waals surface area contributed by atoms with Crippen LogP contribution in [0.4, 0.5) is 5.69 Å². The smallest absolute Gasteiger partial charge is 0.261 e. The Morgan fingerprint density at radius 3 is 1.73 bits per heavy atom. The monoisotopic (exact) mass is 1010 g/mol. The molecule has 2 aliphatic rings. The summed E-state index contributed by atoms with van der Waals surface area (Å²) in [5.74, 6) is -0.543. The number of benzene rings is 5. The van der Waals surface area contributed by atoms with Gasteiger partial charge >= 0.3 is 0 Å². The Kier molecular flexibility index (Phi) is 14.4. The molecule has 1 saturated heterocycles. The number of ether oxygens (including phenoxy) is 3. The summed E-state index contributed by atoms with van der Waals surface area (Å²) in [6.07, 6.45) is 0.208. The van der Waals surface area contributed by atoms with Crippen LogP contribution >= 0.6 is 0 Å². The van der Waals surface area contributed by atoms with Gasteiger partial charge in [0.25, 0.3) is 11.8 Å². The molecule has 366 valence electrons. The average Bonchev–Trinajstić information content (AvgIpc) is 3.91. The lowest BCUT2D eigenvalue weighted by Crippen LogP contribution is -2.44. The summed E-state index contributed by atoms with van der Waals surface area (Å²) in [4.78, 5) is 44.1. The second-order valence-corrected chi connectivity index (χ2v) is 28.1. The van der Waals surface area contributed by atoms with Gasteiger partial charge in [-0.1, -0.05) is 68.2 Å². The first-order valence-electron chi connectivity index (χ1n) is 22.7. The van der Waals surface area contributed by atoms with Crippen molar-refractivity contribution in [2.24, 2.45) is 5.92 Å². The summed E-state index contributed by atoms with van der Waals surface area (Å²) >= 11 is 0. The molecule has 0 spiro atoms. The van der Waals surface area contributed by atoms with Crippen molar-refractivity contribution in [1.29, 1.82) is 0 Å². The number of fused-ring (bicyclic) bond motifs is 1. The maximum absolute atomic E-state index is 16.1. The first-order chi connectivity index (χ1) is 33.4. The number of piperidine rings is 1. The molecule has 1 atom stereocenters. The fourth-order valence-electron chi connectivity index (χ4n) is 8.54. The number of hydrogen-bond acceptors (Lipinski definition) is 13. The highest BCUT2D eigenvalue weighted by Gasteiger charge is 2.42. The highest BCUT2D eigenvalue weighted by molar-refractivity contribution is 7.93. The fraction of sp³-hybridized carbons (Fsp3) is 0.320. The van der Waals surface area contributed by atoms with Crippen LogP contribution in [0.1, 0.15) is 50.2 Å².